The van der Waals surface area contributed by atoms with E-state index in [1.807, 2.05) is 20.0 Å². The number of nitrogens with one attached hydrogen (secondary N) is 1. The summed E-state index contributed by atoms with van der Waals surface area (Å²) in [7, 11) is 1.87. The first kappa shape index (κ1) is 36.1. The van der Waals surface area contributed by atoms with Crippen LogP contribution in [0.15, 0.2) is 120 Å². The second-order valence-electron chi connectivity index (χ2n) is 14.7. The number of likely N-dealkylation sites (tertiary alicyclic amines) is 1. The number of nitrogens with two attached hydrogens (primary N) is 1. The van der Waals surface area contributed by atoms with Crippen molar-refractivity contribution in [2.24, 2.45) is 16.1 Å². The zero-order valence-electron chi connectivity index (χ0n) is 30.2. The van der Waals surface area contributed by atoms with Crippen LogP contribution < -0.4 is 11.1 Å². The van der Waals surface area contributed by atoms with E-state index in [2.05, 4.69) is 117 Å². The molecule has 3 aromatic carbocycles. The zero-order chi connectivity index (χ0) is 35.1. The summed E-state index contributed by atoms with van der Waals surface area (Å²) < 4.78 is 0. The summed E-state index contributed by atoms with van der Waals surface area (Å²) in [5.41, 5.74) is 15.6. The molecule has 3 aromatic rings. The topological polar surface area (TPSA) is 70.7 Å². The van der Waals surface area contributed by atoms with E-state index in [9.17, 15) is 4.79 Å². The smallest absolute Gasteiger partial charge is 0.243 e. The molecule has 1 aliphatic heterocycles. The predicted octanol–water partition coefficient (Wildman–Crippen LogP) is 9.21. The highest BCUT2D eigenvalue weighted by atomic mass is 16.2. The number of carbonyl (C=O) groups excluding carboxylic acids is 1. The second kappa shape index (κ2) is 16.0. The molecule has 3 aliphatic rings. The van der Waals surface area contributed by atoms with Gasteiger partial charge in [0.05, 0.1) is 6.04 Å². The number of benzene rings is 3. The minimum Gasteiger partial charge on any atom is -0.363 e. The van der Waals surface area contributed by atoms with Crippen LogP contribution in [0.4, 0.5) is 0 Å². The highest BCUT2D eigenvalue weighted by Gasteiger charge is 2.45. The number of aliphatic imine (C=N–C) groups is 1. The average molecular weight is 657 g/mol. The molecule has 6 rings (SSSR count). The number of fused-ring (bicyclic) bond motifs is 3. The standard InChI is InChI=1S/C41H49N3O.C3H7N/c1-8-16-37(30(5)28(2)3)43-40(45)39-26-41(6,25-38(42-7)31-17-10-9-11-18-31)27-44(39)29(4)23-24-36-34-21-14-12-19-32(34)33-20-13-15-22-35(33)36;4-3-1-2-3/h9-15,17-22,36-37,39H,2,4-5,8,16,23-27H2,1,3,6-7H3,(H,43,45);3H,1-2,4H2. The first-order valence-electron chi connectivity index (χ1n) is 18.1. The van der Waals surface area contributed by atoms with Crippen LogP contribution in [0.5, 0.6) is 0 Å². The van der Waals surface area contributed by atoms with Gasteiger partial charge in [0.25, 0.3) is 0 Å². The van der Waals surface area contributed by atoms with Crippen LogP contribution in [0.25, 0.3) is 11.1 Å². The van der Waals surface area contributed by atoms with Crippen LogP contribution >= 0.6 is 0 Å². The molecular weight excluding hydrogens is 601 g/mol. The largest absolute Gasteiger partial charge is 0.363 e. The van der Waals surface area contributed by atoms with Crippen molar-refractivity contribution in [1.82, 2.24) is 10.2 Å². The molecule has 3 atom stereocenters. The van der Waals surface area contributed by atoms with Gasteiger partial charge in [-0.1, -0.05) is 124 Å². The van der Waals surface area contributed by atoms with Gasteiger partial charge in [0.1, 0.15) is 6.04 Å². The summed E-state index contributed by atoms with van der Waals surface area (Å²) in [6.07, 6.45) is 7.61. The van der Waals surface area contributed by atoms with E-state index in [1.165, 1.54) is 35.1 Å². The Labute approximate surface area is 295 Å². The van der Waals surface area contributed by atoms with Gasteiger partial charge in [-0.05, 0) is 90.7 Å². The quantitative estimate of drug-likeness (QED) is 0.142. The Bertz CT molecular complexity index is 1640. The summed E-state index contributed by atoms with van der Waals surface area (Å²) in [5.74, 6) is 0.368. The molecule has 5 heteroatoms. The lowest BCUT2D eigenvalue weighted by molar-refractivity contribution is -0.125. The van der Waals surface area contributed by atoms with Crippen molar-refractivity contribution < 1.29 is 4.79 Å². The molecule has 5 nitrogen and oxygen atoms in total. The number of carbonyl (C=O) groups is 1. The van der Waals surface area contributed by atoms with E-state index in [0.717, 1.165) is 73.2 Å². The number of rotatable bonds is 13. The number of hydrogen-bond donors (Lipinski definition) is 2. The third-order valence-electron chi connectivity index (χ3n) is 10.5. The number of amides is 1. The van der Waals surface area contributed by atoms with Gasteiger partial charge in [0, 0.05) is 37.0 Å². The Hall–Kier alpha value is -4.22. The third-order valence-corrected chi connectivity index (χ3v) is 10.5. The van der Waals surface area contributed by atoms with E-state index >= 15 is 0 Å². The second-order valence-corrected chi connectivity index (χ2v) is 14.7. The molecular formula is C44H56N4O. The van der Waals surface area contributed by atoms with Crippen LogP contribution in [0, 0.1) is 5.41 Å². The predicted molar refractivity (Wildman–Crippen MR) is 207 cm³/mol. The Morgan fingerprint density at radius 3 is 2.08 bits per heavy atom. The molecule has 2 fully saturated rings. The SMILES string of the molecule is C=C(C)C(=C)C(CCC)NC(=O)C1CC(C)(CC(=NC)c2ccccc2)CN1C(=C)CCC1c2ccccc2-c2ccccc21.NC1CC1. The Morgan fingerprint density at radius 1 is 0.980 bits per heavy atom. The van der Waals surface area contributed by atoms with Crippen LogP contribution in [-0.2, 0) is 4.79 Å². The molecule has 0 radical (unpaired) electrons. The fourth-order valence-electron chi connectivity index (χ4n) is 7.51. The minimum atomic E-state index is -0.309. The van der Waals surface area contributed by atoms with E-state index in [0.29, 0.717) is 12.0 Å². The van der Waals surface area contributed by atoms with Crippen molar-refractivity contribution in [3.05, 3.63) is 132 Å². The molecule has 0 aromatic heterocycles. The normalized spacial score (nSPS) is 20.5. The summed E-state index contributed by atoms with van der Waals surface area (Å²) in [5, 5.41) is 3.37. The molecule has 1 saturated heterocycles. The van der Waals surface area contributed by atoms with Crippen molar-refractivity contribution in [1.29, 1.82) is 0 Å². The van der Waals surface area contributed by atoms with Crippen LogP contribution in [0.1, 0.15) is 94.7 Å². The molecule has 0 spiro atoms. The number of allylic oxidation sites excluding steroid dienone is 1. The highest BCUT2D eigenvalue weighted by Crippen LogP contribution is 2.48. The van der Waals surface area contributed by atoms with Gasteiger partial charge in [-0.3, -0.25) is 9.79 Å². The van der Waals surface area contributed by atoms with E-state index < -0.39 is 0 Å². The lowest BCUT2D eigenvalue weighted by atomic mass is 9.81. The van der Waals surface area contributed by atoms with E-state index in [4.69, 9.17) is 10.7 Å². The molecule has 3 N–H and O–H groups in total. The van der Waals surface area contributed by atoms with Crippen molar-refractivity contribution in [2.75, 3.05) is 13.6 Å². The lowest BCUT2D eigenvalue weighted by Crippen LogP contribution is -2.47. The first-order valence-corrected chi connectivity index (χ1v) is 18.1. The molecule has 3 unspecified atom stereocenters. The fraction of sp³-hybridized carbons (Fsp3) is 0.409. The van der Waals surface area contributed by atoms with Crippen LogP contribution in [0.2, 0.25) is 0 Å². The highest BCUT2D eigenvalue weighted by molar-refractivity contribution is 6.01. The van der Waals surface area contributed by atoms with Gasteiger partial charge >= 0.3 is 0 Å². The maximum atomic E-state index is 14.2. The van der Waals surface area contributed by atoms with E-state index in [1.54, 1.807) is 0 Å². The maximum absolute atomic E-state index is 14.2. The van der Waals surface area contributed by atoms with Gasteiger partial charge in [0.2, 0.25) is 5.91 Å². The summed E-state index contributed by atoms with van der Waals surface area (Å²) >= 11 is 0. The Morgan fingerprint density at radius 2 is 1.55 bits per heavy atom. The number of nitrogens with zero attached hydrogens (tertiary/aromatic N) is 2. The molecule has 1 amide bonds. The van der Waals surface area contributed by atoms with Crippen molar-refractivity contribution in [2.45, 2.75) is 96.2 Å². The fourth-order valence-corrected chi connectivity index (χ4v) is 7.51. The Balaban J connectivity index is 0.00000109. The van der Waals surface area contributed by atoms with Crippen molar-refractivity contribution in [3.8, 4) is 11.1 Å². The zero-order valence-corrected chi connectivity index (χ0v) is 30.2. The monoisotopic (exact) mass is 656 g/mol. The Kier molecular flexibility index (Phi) is 11.8. The molecule has 1 saturated carbocycles. The van der Waals surface area contributed by atoms with Gasteiger partial charge in [0.15, 0.2) is 0 Å². The first-order chi connectivity index (χ1) is 23.5. The lowest BCUT2D eigenvalue weighted by Gasteiger charge is -2.31. The molecule has 258 valence electrons. The summed E-state index contributed by atoms with van der Waals surface area (Å²) in [6, 6.07) is 28.1. The van der Waals surface area contributed by atoms with Gasteiger partial charge < -0.3 is 16.0 Å². The maximum Gasteiger partial charge on any atom is 0.243 e. The molecule has 49 heavy (non-hydrogen) atoms. The summed E-state index contributed by atoms with van der Waals surface area (Å²) in [6.45, 7) is 20.2. The average Bonchev–Trinajstić information content (AvgIpc) is 3.72. The number of hydrogen-bond acceptors (Lipinski definition) is 4. The van der Waals surface area contributed by atoms with Gasteiger partial charge in [-0.25, -0.2) is 0 Å². The van der Waals surface area contributed by atoms with Crippen molar-refractivity contribution >= 4 is 11.6 Å². The third kappa shape index (κ3) is 8.69. The minimum absolute atomic E-state index is 0.0481. The van der Waals surface area contributed by atoms with Crippen LogP contribution in [0.3, 0.4) is 0 Å². The van der Waals surface area contributed by atoms with Gasteiger partial charge in [-0.15, -0.1) is 0 Å². The van der Waals surface area contributed by atoms with Crippen molar-refractivity contribution in [3.63, 3.8) is 0 Å². The molecule has 1 heterocycles. The molecule has 2 aliphatic carbocycles. The summed E-state index contributed by atoms with van der Waals surface area (Å²) in [4.78, 5) is 21.2. The van der Waals surface area contributed by atoms with Gasteiger partial charge in [-0.2, -0.15) is 0 Å². The van der Waals surface area contributed by atoms with Crippen LogP contribution in [-0.4, -0.2) is 48.2 Å². The van der Waals surface area contributed by atoms with E-state index in [-0.39, 0.29) is 23.4 Å². The molecule has 0 bridgehead atoms.